The number of halogens is 3. The highest BCUT2D eigenvalue weighted by Crippen LogP contribution is 2.22. The Morgan fingerprint density at radius 1 is 1.32 bits per heavy atom. The molecule has 0 saturated carbocycles. The minimum atomic E-state index is -4.29. The zero-order valence-electron chi connectivity index (χ0n) is 10.3. The standard InChI is InChI=1S/C13H15F3N2O/c14-13(15,16)5-3-12(19)18-11-2-1-9-4-6-17-8-10(9)7-11/h1-2,7,17H,3-6,8H2,(H,18,19). The Morgan fingerprint density at radius 3 is 2.84 bits per heavy atom. The molecule has 6 heteroatoms. The zero-order chi connectivity index (χ0) is 13.9. The van der Waals surface area contributed by atoms with Gasteiger partial charge >= 0.3 is 6.18 Å². The number of benzene rings is 1. The molecule has 3 nitrogen and oxygen atoms in total. The van der Waals surface area contributed by atoms with E-state index in [4.69, 9.17) is 0 Å². The monoisotopic (exact) mass is 272 g/mol. The highest BCUT2D eigenvalue weighted by molar-refractivity contribution is 5.90. The molecule has 1 aliphatic rings. The second-order valence-corrected chi connectivity index (χ2v) is 4.57. The van der Waals surface area contributed by atoms with Crippen LogP contribution in [-0.4, -0.2) is 18.6 Å². The second-order valence-electron chi connectivity index (χ2n) is 4.57. The fourth-order valence-corrected chi connectivity index (χ4v) is 2.04. The van der Waals surface area contributed by atoms with Gasteiger partial charge in [-0.1, -0.05) is 6.07 Å². The smallest absolute Gasteiger partial charge is 0.326 e. The molecule has 0 atom stereocenters. The van der Waals surface area contributed by atoms with E-state index >= 15 is 0 Å². The Balaban J connectivity index is 1.94. The lowest BCUT2D eigenvalue weighted by molar-refractivity contribution is -0.142. The Hall–Kier alpha value is -1.56. The van der Waals surface area contributed by atoms with Crippen molar-refractivity contribution in [3.63, 3.8) is 0 Å². The maximum absolute atomic E-state index is 12.0. The molecule has 2 rings (SSSR count). The minimum absolute atomic E-state index is 0.543. The zero-order valence-corrected chi connectivity index (χ0v) is 10.3. The summed E-state index contributed by atoms with van der Waals surface area (Å²) in [6.07, 6.45) is -5.00. The summed E-state index contributed by atoms with van der Waals surface area (Å²) in [5.74, 6) is -0.610. The van der Waals surface area contributed by atoms with Crippen LogP contribution in [0.4, 0.5) is 18.9 Å². The minimum Gasteiger partial charge on any atom is -0.326 e. The van der Waals surface area contributed by atoms with E-state index < -0.39 is 24.9 Å². The maximum atomic E-state index is 12.0. The molecule has 0 fully saturated rings. The maximum Gasteiger partial charge on any atom is 0.389 e. The summed E-state index contributed by atoms with van der Waals surface area (Å²) in [6.45, 7) is 1.64. The van der Waals surface area contributed by atoms with Gasteiger partial charge in [0.1, 0.15) is 0 Å². The number of hydrogen-bond acceptors (Lipinski definition) is 2. The quantitative estimate of drug-likeness (QED) is 0.888. The summed E-state index contributed by atoms with van der Waals surface area (Å²) in [5, 5.41) is 5.70. The van der Waals surface area contributed by atoms with Gasteiger partial charge < -0.3 is 10.6 Å². The average molecular weight is 272 g/mol. The second kappa shape index (κ2) is 5.61. The molecule has 0 saturated heterocycles. The summed E-state index contributed by atoms with van der Waals surface area (Å²) >= 11 is 0. The van der Waals surface area contributed by atoms with Crippen LogP contribution >= 0.6 is 0 Å². The third kappa shape index (κ3) is 4.24. The number of amides is 1. The van der Waals surface area contributed by atoms with Crippen LogP contribution in [0.1, 0.15) is 24.0 Å². The van der Waals surface area contributed by atoms with Crippen molar-refractivity contribution in [2.45, 2.75) is 32.0 Å². The first kappa shape index (κ1) is 13.9. The molecule has 1 aromatic rings. The highest BCUT2D eigenvalue weighted by atomic mass is 19.4. The van der Waals surface area contributed by atoms with Gasteiger partial charge in [0.15, 0.2) is 0 Å². The van der Waals surface area contributed by atoms with Gasteiger partial charge in [-0.25, -0.2) is 0 Å². The normalized spacial score (nSPS) is 14.9. The van der Waals surface area contributed by atoms with Crippen LogP contribution in [0.25, 0.3) is 0 Å². The summed E-state index contributed by atoms with van der Waals surface area (Å²) in [4.78, 5) is 11.4. The molecule has 0 bridgehead atoms. The van der Waals surface area contributed by atoms with Gasteiger partial charge in [-0.15, -0.1) is 0 Å². The number of carbonyl (C=O) groups is 1. The largest absolute Gasteiger partial charge is 0.389 e. The number of rotatable bonds is 3. The highest BCUT2D eigenvalue weighted by Gasteiger charge is 2.27. The summed E-state index contributed by atoms with van der Waals surface area (Å²) in [7, 11) is 0. The van der Waals surface area contributed by atoms with E-state index in [1.165, 1.54) is 5.56 Å². The first-order valence-corrected chi connectivity index (χ1v) is 6.13. The number of anilines is 1. The van der Waals surface area contributed by atoms with Crippen molar-refractivity contribution >= 4 is 11.6 Å². The topological polar surface area (TPSA) is 41.1 Å². The first-order chi connectivity index (χ1) is 8.94. The first-order valence-electron chi connectivity index (χ1n) is 6.13. The van der Waals surface area contributed by atoms with Gasteiger partial charge in [-0.3, -0.25) is 4.79 Å². The van der Waals surface area contributed by atoms with Crippen molar-refractivity contribution in [3.8, 4) is 0 Å². The molecule has 2 N–H and O–H groups in total. The van der Waals surface area contributed by atoms with Gasteiger partial charge in [-0.2, -0.15) is 13.2 Å². The van der Waals surface area contributed by atoms with Crippen molar-refractivity contribution in [2.75, 3.05) is 11.9 Å². The van der Waals surface area contributed by atoms with Crippen LogP contribution in [0.3, 0.4) is 0 Å². The predicted molar refractivity (Wildman–Crippen MR) is 65.8 cm³/mol. The molecule has 104 valence electrons. The molecule has 1 amide bonds. The Kier molecular flexibility index (Phi) is 4.09. The summed E-state index contributed by atoms with van der Waals surface area (Å²) < 4.78 is 36.0. The van der Waals surface area contributed by atoms with E-state index in [2.05, 4.69) is 10.6 Å². The molecule has 1 aliphatic heterocycles. The lowest BCUT2D eigenvalue weighted by Gasteiger charge is -2.18. The molecule has 0 radical (unpaired) electrons. The molecule has 19 heavy (non-hydrogen) atoms. The molecule has 1 heterocycles. The van der Waals surface area contributed by atoms with Crippen molar-refractivity contribution in [3.05, 3.63) is 29.3 Å². The SMILES string of the molecule is O=C(CCC(F)(F)F)Nc1ccc2c(c1)CNCC2. The number of alkyl halides is 3. The molecule has 1 aromatic carbocycles. The van der Waals surface area contributed by atoms with E-state index in [0.717, 1.165) is 25.1 Å². The van der Waals surface area contributed by atoms with Crippen molar-refractivity contribution in [1.82, 2.24) is 5.32 Å². The van der Waals surface area contributed by atoms with Crippen LogP contribution in [0.2, 0.25) is 0 Å². The van der Waals surface area contributed by atoms with Gasteiger partial charge in [0, 0.05) is 18.7 Å². The Bertz CT molecular complexity index is 471. The molecule has 0 aromatic heterocycles. The van der Waals surface area contributed by atoms with Crippen LogP contribution < -0.4 is 10.6 Å². The number of nitrogens with one attached hydrogen (secondary N) is 2. The van der Waals surface area contributed by atoms with Crippen molar-refractivity contribution < 1.29 is 18.0 Å². The number of fused-ring (bicyclic) bond motifs is 1. The van der Waals surface area contributed by atoms with Crippen LogP contribution in [0.5, 0.6) is 0 Å². The number of carbonyl (C=O) groups excluding carboxylic acids is 1. The lowest BCUT2D eigenvalue weighted by Crippen LogP contribution is -2.24. The number of hydrogen-bond donors (Lipinski definition) is 2. The van der Waals surface area contributed by atoms with E-state index in [1.54, 1.807) is 6.07 Å². The molecule has 0 aliphatic carbocycles. The van der Waals surface area contributed by atoms with Gasteiger partial charge in [0.05, 0.1) is 6.42 Å². The van der Waals surface area contributed by atoms with E-state index in [0.29, 0.717) is 5.69 Å². The Labute approximate surface area is 109 Å². The average Bonchev–Trinajstić information content (AvgIpc) is 2.35. The molecule has 0 spiro atoms. The fraction of sp³-hybridized carbons (Fsp3) is 0.462. The summed E-state index contributed by atoms with van der Waals surface area (Å²) in [5.41, 5.74) is 2.85. The summed E-state index contributed by atoms with van der Waals surface area (Å²) in [6, 6.07) is 5.46. The van der Waals surface area contributed by atoms with E-state index in [1.807, 2.05) is 12.1 Å². The molecular formula is C13H15F3N2O. The van der Waals surface area contributed by atoms with Crippen molar-refractivity contribution in [2.24, 2.45) is 0 Å². The lowest BCUT2D eigenvalue weighted by atomic mass is 10.0. The third-order valence-electron chi connectivity index (χ3n) is 3.01. The van der Waals surface area contributed by atoms with E-state index in [9.17, 15) is 18.0 Å². The van der Waals surface area contributed by atoms with E-state index in [-0.39, 0.29) is 0 Å². The van der Waals surface area contributed by atoms with Crippen LogP contribution in [-0.2, 0) is 17.8 Å². The fourth-order valence-electron chi connectivity index (χ4n) is 2.04. The molecular weight excluding hydrogens is 257 g/mol. The van der Waals surface area contributed by atoms with Crippen molar-refractivity contribution in [1.29, 1.82) is 0 Å². The van der Waals surface area contributed by atoms with Gasteiger partial charge in [0.2, 0.25) is 5.91 Å². The van der Waals surface area contributed by atoms with Gasteiger partial charge in [-0.05, 0) is 36.2 Å². The molecule has 0 unspecified atom stereocenters. The third-order valence-corrected chi connectivity index (χ3v) is 3.01. The predicted octanol–water partition coefficient (Wildman–Crippen LogP) is 2.61. The van der Waals surface area contributed by atoms with Crippen LogP contribution in [0.15, 0.2) is 18.2 Å². The van der Waals surface area contributed by atoms with Crippen LogP contribution in [0, 0.1) is 0 Å². The Morgan fingerprint density at radius 2 is 2.11 bits per heavy atom. The van der Waals surface area contributed by atoms with Gasteiger partial charge in [0.25, 0.3) is 0 Å².